The zero-order chi connectivity index (χ0) is 21.6. The number of nitrogens with one attached hydrogen (secondary N) is 1. The van der Waals surface area contributed by atoms with Crippen molar-refractivity contribution in [3.8, 4) is 11.4 Å². The van der Waals surface area contributed by atoms with Gasteiger partial charge in [0.1, 0.15) is 5.69 Å². The van der Waals surface area contributed by atoms with Crippen LogP contribution < -0.4 is 5.32 Å². The van der Waals surface area contributed by atoms with Gasteiger partial charge >= 0.3 is 0 Å². The Labute approximate surface area is 181 Å². The summed E-state index contributed by atoms with van der Waals surface area (Å²) in [4.78, 5) is 18.6. The normalized spacial score (nSPS) is 18.6. The minimum absolute atomic E-state index is 0.234. The second-order valence-electron chi connectivity index (χ2n) is 8.29. The van der Waals surface area contributed by atoms with Gasteiger partial charge in [0.25, 0.3) is 5.91 Å². The molecular weight excluding hydrogens is 392 g/mol. The molecule has 0 atom stereocenters. The minimum Gasteiger partial charge on any atom is -0.396 e. The van der Waals surface area contributed by atoms with E-state index in [1.807, 2.05) is 43.3 Å². The number of hydrogen-bond acceptors (Lipinski definition) is 6. The second kappa shape index (κ2) is 9.78. The summed E-state index contributed by atoms with van der Waals surface area (Å²) in [5.41, 5.74) is 2.82. The summed E-state index contributed by atoms with van der Waals surface area (Å²) >= 11 is 0. The number of rotatable bonds is 7. The highest BCUT2D eigenvalue weighted by atomic mass is 16.3. The fourth-order valence-electron chi connectivity index (χ4n) is 4.05. The number of carbonyl (C=O) groups is 1. The largest absolute Gasteiger partial charge is 0.396 e. The molecule has 2 heterocycles. The summed E-state index contributed by atoms with van der Waals surface area (Å²) in [6, 6.07) is 13.3. The van der Waals surface area contributed by atoms with Crippen molar-refractivity contribution in [1.82, 2.24) is 30.5 Å². The van der Waals surface area contributed by atoms with Crippen molar-refractivity contribution < 1.29 is 9.90 Å². The van der Waals surface area contributed by atoms with Crippen LogP contribution in [0.3, 0.4) is 0 Å². The molecule has 8 heteroatoms. The molecule has 31 heavy (non-hydrogen) atoms. The third-order valence-corrected chi connectivity index (χ3v) is 5.84. The highest BCUT2D eigenvalue weighted by Gasteiger charge is 2.22. The molecule has 0 unspecified atom stereocenters. The summed E-state index contributed by atoms with van der Waals surface area (Å²) < 4.78 is 0. The maximum absolute atomic E-state index is 12.6. The maximum atomic E-state index is 12.6. The van der Waals surface area contributed by atoms with Crippen molar-refractivity contribution in [1.29, 1.82) is 0 Å². The molecule has 0 saturated heterocycles. The van der Waals surface area contributed by atoms with Crippen LogP contribution in [0.4, 0.5) is 0 Å². The zero-order valence-corrected chi connectivity index (χ0v) is 17.7. The fraction of sp³-hybridized carbons (Fsp3) is 0.435. The minimum atomic E-state index is -0.234. The zero-order valence-electron chi connectivity index (χ0n) is 17.7. The molecule has 1 aliphatic rings. The smallest absolute Gasteiger partial charge is 0.270 e. The Morgan fingerprint density at radius 3 is 2.61 bits per heavy atom. The summed E-state index contributed by atoms with van der Waals surface area (Å²) in [5, 5.41) is 25.2. The Hall–Kier alpha value is -3.13. The van der Waals surface area contributed by atoms with Gasteiger partial charge in [0, 0.05) is 24.4 Å². The first-order valence-corrected chi connectivity index (χ1v) is 10.8. The number of amides is 1. The number of benzene rings is 1. The molecule has 2 N–H and O–H groups in total. The number of aliphatic hydroxyl groups excluding tert-OH is 1. The standard InChI is InChI=1S/C23H28N6O2/c1-16-11-20(12-21(25-16)23(31)24-13-17-5-3-2-4-6-17)22-26-28-29(27-22)14-18-7-9-19(15-30)10-8-18/h2-6,11-12,18-19,30H,7-10,13-15H2,1H3,(H,24,31). The monoisotopic (exact) mass is 420 g/mol. The van der Waals surface area contributed by atoms with Gasteiger partial charge in [-0.3, -0.25) is 4.79 Å². The summed E-state index contributed by atoms with van der Waals surface area (Å²) in [5.74, 6) is 1.19. The van der Waals surface area contributed by atoms with Crippen LogP contribution in [-0.2, 0) is 13.1 Å². The van der Waals surface area contributed by atoms with Crippen LogP contribution in [0.5, 0.6) is 0 Å². The van der Waals surface area contributed by atoms with Crippen molar-refractivity contribution in [2.24, 2.45) is 11.8 Å². The molecule has 0 spiro atoms. The summed E-state index contributed by atoms with van der Waals surface area (Å²) in [6.45, 7) is 3.29. The van der Waals surface area contributed by atoms with Gasteiger partial charge in [0.15, 0.2) is 0 Å². The number of tetrazole rings is 1. The van der Waals surface area contributed by atoms with Crippen LogP contribution in [0.25, 0.3) is 11.4 Å². The van der Waals surface area contributed by atoms with E-state index in [0.29, 0.717) is 29.9 Å². The molecule has 4 rings (SSSR count). The number of aromatic nitrogens is 5. The highest BCUT2D eigenvalue weighted by Crippen LogP contribution is 2.29. The van der Waals surface area contributed by atoms with Crippen molar-refractivity contribution >= 4 is 5.91 Å². The van der Waals surface area contributed by atoms with E-state index >= 15 is 0 Å². The molecule has 1 amide bonds. The Morgan fingerprint density at radius 2 is 1.87 bits per heavy atom. The van der Waals surface area contributed by atoms with Crippen molar-refractivity contribution in [3.05, 3.63) is 59.4 Å². The van der Waals surface area contributed by atoms with E-state index in [1.54, 1.807) is 10.9 Å². The van der Waals surface area contributed by atoms with E-state index in [1.165, 1.54) is 0 Å². The molecule has 0 bridgehead atoms. The van der Waals surface area contributed by atoms with Crippen LogP contribution in [0.15, 0.2) is 42.5 Å². The third-order valence-electron chi connectivity index (χ3n) is 5.84. The van der Waals surface area contributed by atoms with E-state index in [2.05, 4.69) is 25.7 Å². The van der Waals surface area contributed by atoms with Gasteiger partial charge in [-0.1, -0.05) is 30.3 Å². The molecule has 3 aromatic rings. The average molecular weight is 421 g/mol. The number of nitrogens with zero attached hydrogens (tertiary/aromatic N) is 5. The van der Waals surface area contributed by atoms with E-state index in [4.69, 9.17) is 0 Å². The van der Waals surface area contributed by atoms with Gasteiger partial charge in [-0.2, -0.15) is 4.80 Å². The van der Waals surface area contributed by atoms with Gasteiger partial charge in [-0.05, 0) is 67.4 Å². The molecule has 8 nitrogen and oxygen atoms in total. The van der Waals surface area contributed by atoms with Gasteiger partial charge in [-0.25, -0.2) is 4.98 Å². The molecular formula is C23H28N6O2. The number of aliphatic hydroxyl groups is 1. The van der Waals surface area contributed by atoms with Crippen molar-refractivity contribution in [3.63, 3.8) is 0 Å². The predicted molar refractivity (Wildman–Crippen MR) is 116 cm³/mol. The number of carbonyl (C=O) groups excluding carboxylic acids is 1. The third kappa shape index (κ3) is 5.52. The van der Waals surface area contributed by atoms with Gasteiger partial charge in [-0.15, -0.1) is 10.2 Å². The Balaban J connectivity index is 1.42. The quantitative estimate of drug-likeness (QED) is 0.609. The van der Waals surface area contributed by atoms with E-state index in [-0.39, 0.29) is 12.5 Å². The molecule has 2 aromatic heterocycles. The molecule has 0 aliphatic heterocycles. The topological polar surface area (TPSA) is 106 Å². The second-order valence-corrected chi connectivity index (χ2v) is 8.29. The van der Waals surface area contributed by atoms with Crippen LogP contribution in [0, 0.1) is 18.8 Å². The number of aryl methyl sites for hydroxylation is 1. The fourth-order valence-corrected chi connectivity index (χ4v) is 4.05. The average Bonchev–Trinajstić information content (AvgIpc) is 3.27. The predicted octanol–water partition coefficient (Wildman–Crippen LogP) is 2.77. The SMILES string of the molecule is Cc1cc(-c2nnn(CC3CCC(CO)CC3)n2)cc(C(=O)NCc2ccccc2)n1. The Morgan fingerprint density at radius 1 is 1.13 bits per heavy atom. The van der Waals surface area contributed by atoms with Gasteiger partial charge < -0.3 is 10.4 Å². The lowest BCUT2D eigenvalue weighted by molar-refractivity contribution is 0.0945. The first kappa shape index (κ1) is 21.1. The van der Waals surface area contributed by atoms with E-state index in [0.717, 1.165) is 49.0 Å². The van der Waals surface area contributed by atoms with Crippen LogP contribution in [-0.4, -0.2) is 42.8 Å². The van der Waals surface area contributed by atoms with Crippen LogP contribution in [0.2, 0.25) is 0 Å². The lowest BCUT2D eigenvalue weighted by atomic mass is 9.82. The summed E-state index contributed by atoms with van der Waals surface area (Å²) in [7, 11) is 0. The first-order chi connectivity index (χ1) is 15.1. The Kier molecular flexibility index (Phi) is 6.66. The number of pyridine rings is 1. The molecule has 1 aliphatic carbocycles. The number of hydrogen-bond donors (Lipinski definition) is 2. The van der Waals surface area contributed by atoms with Crippen LogP contribution >= 0.6 is 0 Å². The lowest BCUT2D eigenvalue weighted by Crippen LogP contribution is -2.24. The van der Waals surface area contributed by atoms with E-state index in [9.17, 15) is 9.90 Å². The molecule has 1 aromatic carbocycles. The van der Waals surface area contributed by atoms with Crippen LogP contribution in [0.1, 0.15) is 47.4 Å². The van der Waals surface area contributed by atoms with Gasteiger partial charge in [0.05, 0.1) is 6.54 Å². The molecule has 1 fully saturated rings. The molecule has 0 radical (unpaired) electrons. The van der Waals surface area contributed by atoms with Crippen molar-refractivity contribution in [2.75, 3.05) is 6.61 Å². The van der Waals surface area contributed by atoms with Crippen molar-refractivity contribution in [2.45, 2.75) is 45.7 Å². The molecule has 162 valence electrons. The van der Waals surface area contributed by atoms with Gasteiger partial charge in [0.2, 0.25) is 5.82 Å². The summed E-state index contributed by atoms with van der Waals surface area (Å²) in [6.07, 6.45) is 4.24. The first-order valence-electron chi connectivity index (χ1n) is 10.8. The maximum Gasteiger partial charge on any atom is 0.270 e. The molecule has 1 saturated carbocycles. The highest BCUT2D eigenvalue weighted by molar-refractivity contribution is 5.93. The van der Waals surface area contributed by atoms with E-state index < -0.39 is 0 Å². The Bertz CT molecular complexity index is 1010. The lowest BCUT2D eigenvalue weighted by Gasteiger charge is -2.26.